The lowest BCUT2D eigenvalue weighted by atomic mass is 9.64. The number of carbonyl (C=O) groups excluding carboxylic acids is 1. The van der Waals surface area contributed by atoms with Crippen molar-refractivity contribution in [3.63, 3.8) is 0 Å². The molecule has 5 heteroatoms. The van der Waals surface area contributed by atoms with E-state index < -0.39 is 11.4 Å². The van der Waals surface area contributed by atoms with E-state index in [1.165, 1.54) is 12.1 Å². The van der Waals surface area contributed by atoms with Crippen molar-refractivity contribution in [2.24, 2.45) is 5.41 Å². The smallest absolute Gasteiger partial charge is 0.319 e. The molecule has 0 bridgehead atoms. The highest BCUT2D eigenvalue weighted by atomic mass is 19.1. The fourth-order valence-corrected chi connectivity index (χ4v) is 3.06. The van der Waals surface area contributed by atoms with Crippen LogP contribution in [0.5, 0.6) is 0 Å². The number of rotatable bonds is 5. The van der Waals surface area contributed by atoms with Crippen molar-refractivity contribution >= 4 is 11.9 Å². The summed E-state index contributed by atoms with van der Waals surface area (Å²) in [5, 5.41) is 11.9. The standard InChI is InChI=1S/C16H18FNO3/c17-12-4-2-11(3-5-12)15(6-1-7-15)10-18-13(19)16(8-9-16)14(20)21/h2-5H,1,6-10H2,(H,18,19)(H,20,21). The number of halogens is 1. The van der Waals surface area contributed by atoms with Crippen molar-refractivity contribution in [3.8, 4) is 0 Å². The Bertz CT molecular complexity index is 574. The number of nitrogens with one attached hydrogen (secondary N) is 1. The molecule has 2 fully saturated rings. The molecule has 0 heterocycles. The van der Waals surface area contributed by atoms with Crippen LogP contribution < -0.4 is 5.32 Å². The van der Waals surface area contributed by atoms with Gasteiger partial charge in [-0.1, -0.05) is 18.6 Å². The molecular weight excluding hydrogens is 273 g/mol. The van der Waals surface area contributed by atoms with Crippen LogP contribution in [0.25, 0.3) is 0 Å². The summed E-state index contributed by atoms with van der Waals surface area (Å²) in [6, 6.07) is 6.36. The van der Waals surface area contributed by atoms with Gasteiger partial charge in [-0.05, 0) is 43.4 Å². The first kappa shape index (κ1) is 14.0. The van der Waals surface area contributed by atoms with Crippen molar-refractivity contribution in [1.29, 1.82) is 0 Å². The van der Waals surface area contributed by atoms with Gasteiger partial charge in [0.25, 0.3) is 0 Å². The van der Waals surface area contributed by atoms with Gasteiger partial charge in [-0.2, -0.15) is 0 Å². The van der Waals surface area contributed by atoms with Crippen molar-refractivity contribution < 1.29 is 19.1 Å². The van der Waals surface area contributed by atoms with E-state index >= 15 is 0 Å². The van der Waals surface area contributed by atoms with E-state index in [2.05, 4.69) is 5.32 Å². The van der Waals surface area contributed by atoms with Gasteiger partial charge in [0.1, 0.15) is 11.2 Å². The molecule has 112 valence electrons. The zero-order valence-electron chi connectivity index (χ0n) is 11.7. The van der Waals surface area contributed by atoms with E-state index in [-0.39, 0.29) is 17.1 Å². The van der Waals surface area contributed by atoms with E-state index in [0.717, 1.165) is 24.8 Å². The molecule has 0 atom stereocenters. The molecule has 4 nitrogen and oxygen atoms in total. The van der Waals surface area contributed by atoms with Crippen LogP contribution in [0.15, 0.2) is 24.3 Å². The summed E-state index contributed by atoms with van der Waals surface area (Å²) < 4.78 is 13.0. The van der Waals surface area contributed by atoms with Gasteiger partial charge in [0, 0.05) is 12.0 Å². The summed E-state index contributed by atoms with van der Waals surface area (Å²) in [6.07, 6.45) is 3.75. The van der Waals surface area contributed by atoms with Gasteiger partial charge in [-0.25, -0.2) is 4.39 Å². The average Bonchev–Trinajstić information content (AvgIpc) is 3.20. The van der Waals surface area contributed by atoms with Crippen LogP contribution >= 0.6 is 0 Å². The molecule has 0 saturated heterocycles. The third-order valence-electron chi connectivity index (χ3n) is 4.95. The van der Waals surface area contributed by atoms with Gasteiger partial charge in [-0.15, -0.1) is 0 Å². The molecule has 2 aliphatic rings. The Labute approximate surface area is 122 Å². The summed E-state index contributed by atoms with van der Waals surface area (Å²) in [5.41, 5.74) is -0.360. The normalized spacial score (nSPS) is 21.2. The SMILES string of the molecule is O=C(O)C1(C(=O)NCC2(c3ccc(F)cc3)CCC2)CC1. The summed E-state index contributed by atoms with van der Waals surface area (Å²) in [5.74, 6) is -1.70. The number of benzene rings is 1. The lowest BCUT2D eigenvalue weighted by Crippen LogP contribution is -2.48. The molecule has 1 aromatic carbocycles. The Hall–Kier alpha value is -1.91. The first-order valence-corrected chi connectivity index (χ1v) is 7.26. The lowest BCUT2D eigenvalue weighted by molar-refractivity contribution is -0.149. The second-order valence-corrected chi connectivity index (χ2v) is 6.21. The van der Waals surface area contributed by atoms with Gasteiger partial charge in [-0.3, -0.25) is 9.59 Å². The maximum absolute atomic E-state index is 13.0. The topological polar surface area (TPSA) is 66.4 Å². The maximum Gasteiger partial charge on any atom is 0.319 e. The molecule has 21 heavy (non-hydrogen) atoms. The molecule has 0 spiro atoms. The van der Waals surface area contributed by atoms with Crippen LogP contribution in [0.4, 0.5) is 4.39 Å². The molecule has 0 unspecified atom stereocenters. The minimum atomic E-state index is -1.20. The van der Waals surface area contributed by atoms with Gasteiger partial charge in [0.2, 0.25) is 5.91 Å². The first-order valence-electron chi connectivity index (χ1n) is 7.26. The minimum Gasteiger partial charge on any atom is -0.480 e. The summed E-state index contributed by atoms with van der Waals surface area (Å²) in [4.78, 5) is 23.2. The summed E-state index contributed by atoms with van der Waals surface area (Å²) in [7, 11) is 0. The van der Waals surface area contributed by atoms with E-state index in [9.17, 15) is 14.0 Å². The molecular formula is C16H18FNO3. The number of hydrogen-bond acceptors (Lipinski definition) is 2. The largest absolute Gasteiger partial charge is 0.480 e. The minimum absolute atomic E-state index is 0.169. The Kier molecular flexibility index (Phi) is 3.23. The predicted octanol–water partition coefficient (Wildman–Crippen LogP) is 2.23. The second kappa shape index (κ2) is 4.83. The third kappa shape index (κ3) is 2.30. The van der Waals surface area contributed by atoms with Crippen LogP contribution in [0.3, 0.4) is 0 Å². The summed E-state index contributed by atoms with van der Waals surface area (Å²) in [6.45, 7) is 0.423. The number of hydrogen-bond donors (Lipinski definition) is 2. The molecule has 3 rings (SSSR count). The molecule has 2 saturated carbocycles. The molecule has 1 amide bonds. The average molecular weight is 291 g/mol. The van der Waals surface area contributed by atoms with Crippen molar-refractivity contribution in [3.05, 3.63) is 35.6 Å². The molecule has 1 aromatic rings. The fraction of sp³-hybridized carbons (Fsp3) is 0.500. The van der Waals surface area contributed by atoms with Crippen LogP contribution in [-0.2, 0) is 15.0 Å². The molecule has 2 N–H and O–H groups in total. The second-order valence-electron chi connectivity index (χ2n) is 6.21. The van der Waals surface area contributed by atoms with Crippen LogP contribution in [0, 0.1) is 11.2 Å². The van der Waals surface area contributed by atoms with Crippen LogP contribution in [0.2, 0.25) is 0 Å². The lowest BCUT2D eigenvalue weighted by Gasteiger charge is -2.42. The Morgan fingerprint density at radius 1 is 1.14 bits per heavy atom. The third-order valence-corrected chi connectivity index (χ3v) is 4.95. The summed E-state index contributed by atoms with van der Waals surface area (Å²) >= 11 is 0. The van der Waals surface area contributed by atoms with Crippen molar-refractivity contribution in [2.75, 3.05) is 6.54 Å². The zero-order chi connectivity index (χ0) is 15.1. The Morgan fingerprint density at radius 2 is 1.76 bits per heavy atom. The molecule has 0 radical (unpaired) electrons. The maximum atomic E-state index is 13.0. The van der Waals surface area contributed by atoms with Gasteiger partial charge in [0.05, 0.1) is 0 Å². The number of carboxylic acid groups (broad SMARTS) is 1. The number of carboxylic acids is 1. The van der Waals surface area contributed by atoms with E-state index in [1.54, 1.807) is 12.1 Å². The van der Waals surface area contributed by atoms with Gasteiger partial charge in [0.15, 0.2) is 0 Å². The van der Waals surface area contributed by atoms with Gasteiger partial charge < -0.3 is 10.4 Å². The number of aliphatic carboxylic acids is 1. The predicted molar refractivity (Wildman–Crippen MR) is 74.2 cm³/mol. The van der Waals surface area contributed by atoms with Crippen LogP contribution in [0.1, 0.15) is 37.7 Å². The quantitative estimate of drug-likeness (QED) is 0.818. The van der Waals surface area contributed by atoms with Gasteiger partial charge >= 0.3 is 5.97 Å². The monoisotopic (exact) mass is 291 g/mol. The van der Waals surface area contributed by atoms with Crippen molar-refractivity contribution in [2.45, 2.75) is 37.5 Å². The first-order chi connectivity index (χ1) is 9.98. The Balaban J connectivity index is 1.69. The van der Waals surface area contributed by atoms with Crippen molar-refractivity contribution in [1.82, 2.24) is 5.32 Å². The van der Waals surface area contributed by atoms with Crippen LogP contribution in [-0.4, -0.2) is 23.5 Å². The van der Waals surface area contributed by atoms with E-state index in [4.69, 9.17) is 5.11 Å². The zero-order valence-corrected chi connectivity index (χ0v) is 11.7. The molecule has 0 aromatic heterocycles. The molecule has 2 aliphatic carbocycles. The fourth-order valence-electron chi connectivity index (χ4n) is 3.06. The highest BCUT2D eigenvalue weighted by Crippen LogP contribution is 2.47. The Morgan fingerprint density at radius 3 is 2.19 bits per heavy atom. The highest BCUT2D eigenvalue weighted by molar-refractivity contribution is 6.04. The van der Waals surface area contributed by atoms with E-state index in [0.29, 0.717) is 19.4 Å². The number of carbonyl (C=O) groups is 2. The van der Waals surface area contributed by atoms with E-state index in [1.807, 2.05) is 0 Å². The molecule has 0 aliphatic heterocycles. The number of amides is 1. The highest BCUT2D eigenvalue weighted by Gasteiger charge is 2.57.